The van der Waals surface area contributed by atoms with E-state index in [0.29, 0.717) is 0 Å². The molecule has 0 bridgehead atoms. The summed E-state index contributed by atoms with van der Waals surface area (Å²) in [4.78, 5) is 0. The molecular formula is C47H32N2O. The quantitative estimate of drug-likeness (QED) is 0.188. The van der Waals surface area contributed by atoms with Crippen LogP contribution in [0.4, 0.5) is 0 Å². The van der Waals surface area contributed by atoms with Gasteiger partial charge in [-0.05, 0) is 76.9 Å². The number of hydrogen-bond donors (Lipinski definition) is 0. The molecular weight excluding hydrogens is 609 g/mol. The largest absolute Gasteiger partial charge is 0.454 e. The van der Waals surface area contributed by atoms with Gasteiger partial charge in [-0.3, -0.25) is 0 Å². The van der Waals surface area contributed by atoms with E-state index in [2.05, 4.69) is 175 Å². The standard InChI is InChI=1S/C47H32N2O/c1-47(2)38-19-9-6-17-35(38)44-37-28-30(29-23-25-40-36(27-29)32-15-7-10-20-39(32)48(40)31-13-4-3-5-14-31)24-26-41(37)49(46(44)47)42-21-12-18-34-33-16-8-11-22-43(33)50-45(34)42/h3-28H,1-2H3. The van der Waals surface area contributed by atoms with E-state index in [1.165, 1.54) is 71.9 Å². The van der Waals surface area contributed by atoms with Crippen LogP contribution >= 0.6 is 0 Å². The van der Waals surface area contributed by atoms with Crippen LogP contribution < -0.4 is 0 Å². The lowest BCUT2D eigenvalue weighted by Crippen LogP contribution is -2.19. The van der Waals surface area contributed by atoms with Gasteiger partial charge in [0.2, 0.25) is 0 Å². The summed E-state index contributed by atoms with van der Waals surface area (Å²) in [6.45, 7) is 4.73. The normalized spacial score (nSPS) is 13.6. The lowest BCUT2D eigenvalue weighted by molar-refractivity contribution is 0.619. The molecule has 1 aliphatic carbocycles. The summed E-state index contributed by atoms with van der Waals surface area (Å²) in [6, 6.07) is 57.3. The Morgan fingerprint density at radius 1 is 0.480 bits per heavy atom. The Kier molecular flexibility index (Phi) is 5.45. The first-order valence-corrected chi connectivity index (χ1v) is 17.4. The minimum absolute atomic E-state index is 0.211. The van der Waals surface area contributed by atoms with Crippen molar-refractivity contribution in [3.05, 3.63) is 169 Å². The molecule has 0 N–H and O–H groups in total. The van der Waals surface area contributed by atoms with E-state index in [4.69, 9.17) is 4.42 Å². The molecule has 1 aliphatic rings. The topological polar surface area (TPSA) is 23.0 Å². The van der Waals surface area contributed by atoms with Crippen molar-refractivity contribution < 1.29 is 4.42 Å². The van der Waals surface area contributed by atoms with Crippen LogP contribution in [0, 0.1) is 0 Å². The summed E-state index contributed by atoms with van der Waals surface area (Å²) in [5, 5.41) is 6.06. The molecule has 0 unspecified atom stereocenters. The van der Waals surface area contributed by atoms with Crippen LogP contribution in [0.2, 0.25) is 0 Å². The van der Waals surface area contributed by atoms with Gasteiger partial charge < -0.3 is 13.6 Å². The minimum Gasteiger partial charge on any atom is -0.454 e. The zero-order chi connectivity index (χ0) is 33.1. The number of rotatable bonds is 3. The number of benzene rings is 7. The fourth-order valence-electron chi connectivity index (χ4n) is 8.88. The first-order valence-electron chi connectivity index (χ1n) is 17.4. The molecule has 50 heavy (non-hydrogen) atoms. The van der Waals surface area contributed by atoms with Gasteiger partial charge in [-0.15, -0.1) is 0 Å². The van der Waals surface area contributed by atoms with Crippen molar-refractivity contribution in [3.8, 4) is 33.6 Å². The summed E-state index contributed by atoms with van der Waals surface area (Å²) >= 11 is 0. The molecule has 7 aromatic carbocycles. The number of furan rings is 1. The van der Waals surface area contributed by atoms with Gasteiger partial charge in [0.05, 0.1) is 22.2 Å². The predicted octanol–water partition coefficient (Wildman–Crippen LogP) is 12.6. The molecule has 0 atom stereocenters. The van der Waals surface area contributed by atoms with Crippen molar-refractivity contribution in [2.75, 3.05) is 0 Å². The molecule has 0 fully saturated rings. The number of aromatic nitrogens is 2. The van der Waals surface area contributed by atoms with Gasteiger partial charge in [-0.25, -0.2) is 0 Å². The SMILES string of the molecule is CC1(C)c2ccccc2-c2c1n(-c1cccc3c1oc1ccccc13)c1ccc(-c3ccc4c(c3)c3ccccc3n4-c3ccccc3)cc21. The van der Waals surface area contributed by atoms with Gasteiger partial charge in [0.15, 0.2) is 5.58 Å². The first kappa shape index (κ1) is 27.6. The summed E-state index contributed by atoms with van der Waals surface area (Å²) in [5.41, 5.74) is 15.2. The van der Waals surface area contributed by atoms with Crippen LogP contribution in [-0.4, -0.2) is 9.13 Å². The van der Waals surface area contributed by atoms with Gasteiger partial charge in [-0.2, -0.15) is 0 Å². The zero-order valence-electron chi connectivity index (χ0n) is 27.8. The van der Waals surface area contributed by atoms with Gasteiger partial charge >= 0.3 is 0 Å². The van der Waals surface area contributed by atoms with E-state index in [1.807, 2.05) is 6.07 Å². The number of nitrogens with zero attached hydrogens (tertiary/aromatic N) is 2. The first-order chi connectivity index (χ1) is 24.6. The summed E-state index contributed by atoms with van der Waals surface area (Å²) in [6.07, 6.45) is 0. The van der Waals surface area contributed by atoms with E-state index in [9.17, 15) is 0 Å². The maximum atomic E-state index is 6.64. The molecule has 0 radical (unpaired) electrons. The summed E-state index contributed by atoms with van der Waals surface area (Å²) < 4.78 is 11.5. The van der Waals surface area contributed by atoms with E-state index in [1.54, 1.807) is 0 Å². The lowest BCUT2D eigenvalue weighted by Gasteiger charge is -2.24. The van der Waals surface area contributed by atoms with Crippen molar-refractivity contribution in [2.45, 2.75) is 19.3 Å². The van der Waals surface area contributed by atoms with Crippen LogP contribution in [0.1, 0.15) is 25.1 Å². The molecule has 0 saturated carbocycles. The number of hydrogen-bond acceptors (Lipinski definition) is 1. The average Bonchev–Trinajstić information content (AvgIpc) is 3.88. The van der Waals surface area contributed by atoms with Crippen LogP contribution in [-0.2, 0) is 5.41 Å². The van der Waals surface area contributed by atoms with E-state index < -0.39 is 0 Å². The van der Waals surface area contributed by atoms with Gasteiger partial charge in [0, 0.05) is 49.3 Å². The summed E-state index contributed by atoms with van der Waals surface area (Å²) in [7, 11) is 0. The van der Waals surface area contributed by atoms with E-state index >= 15 is 0 Å². The Morgan fingerprint density at radius 3 is 1.96 bits per heavy atom. The molecule has 11 rings (SSSR count). The molecule has 3 heterocycles. The van der Waals surface area contributed by atoms with Crippen molar-refractivity contribution in [1.29, 1.82) is 0 Å². The minimum atomic E-state index is -0.211. The second-order valence-corrected chi connectivity index (χ2v) is 14.1. The highest BCUT2D eigenvalue weighted by molar-refractivity contribution is 6.12. The van der Waals surface area contributed by atoms with Crippen molar-refractivity contribution in [1.82, 2.24) is 9.13 Å². The Balaban J connectivity index is 1.19. The Morgan fingerprint density at radius 2 is 1.12 bits per heavy atom. The third-order valence-corrected chi connectivity index (χ3v) is 11.1. The van der Waals surface area contributed by atoms with Crippen molar-refractivity contribution >= 4 is 54.6 Å². The molecule has 0 aliphatic heterocycles. The second kappa shape index (κ2) is 9.87. The maximum absolute atomic E-state index is 6.64. The molecule has 3 nitrogen and oxygen atoms in total. The molecule has 0 spiro atoms. The molecule has 236 valence electrons. The molecule has 3 heteroatoms. The highest BCUT2D eigenvalue weighted by atomic mass is 16.3. The fraction of sp³-hybridized carbons (Fsp3) is 0.0638. The second-order valence-electron chi connectivity index (χ2n) is 14.1. The highest BCUT2D eigenvalue weighted by Gasteiger charge is 2.41. The molecule has 0 saturated heterocycles. The number of para-hydroxylation sites is 4. The van der Waals surface area contributed by atoms with Gasteiger partial charge in [0.25, 0.3) is 0 Å². The Bertz CT molecular complexity index is 3010. The fourth-order valence-corrected chi connectivity index (χ4v) is 8.88. The molecule has 0 amide bonds. The van der Waals surface area contributed by atoms with Crippen molar-refractivity contribution in [3.63, 3.8) is 0 Å². The van der Waals surface area contributed by atoms with Crippen molar-refractivity contribution in [2.24, 2.45) is 0 Å². The molecule has 10 aromatic rings. The third-order valence-electron chi connectivity index (χ3n) is 11.1. The van der Waals surface area contributed by atoms with E-state index in [-0.39, 0.29) is 5.41 Å². The van der Waals surface area contributed by atoms with Crippen LogP contribution in [0.3, 0.4) is 0 Å². The predicted molar refractivity (Wildman–Crippen MR) is 208 cm³/mol. The lowest BCUT2D eigenvalue weighted by atomic mass is 9.85. The van der Waals surface area contributed by atoms with Crippen LogP contribution in [0.5, 0.6) is 0 Å². The monoisotopic (exact) mass is 640 g/mol. The zero-order valence-corrected chi connectivity index (χ0v) is 27.8. The van der Waals surface area contributed by atoms with Gasteiger partial charge in [0.1, 0.15) is 5.58 Å². The Hall–Kier alpha value is -6.32. The average molecular weight is 641 g/mol. The van der Waals surface area contributed by atoms with Crippen LogP contribution in [0.25, 0.3) is 88.3 Å². The third kappa shape index (κ3) is 3.59. The van der Waals surface area contributed by atoms with Gasteiger partial charge in [-0.1, -0.05) is 117 Å². The van der Waals surface area contributed by atoms with Crippen LogP contribution in [0.15, 0.2) is 162 Å². The highest BCUT2D eigenvalue weighted by Crippen LogP contribution is 2.54. The van der Waals surface area contributed by atoms with E-state index in [0.717, 1.165) is 27.6 Å². The maximum Gasteiger partial charge on any atom is 0.159 e. The summed E-state index contributed by atoms with van der Waals surface area (Å²) in [5.74, 6) is 0. The number of fused-ring (bicyclic) bond motifs is 11. The smallest absolute Gasteiger partial charge is 0.159 e. The molecule has 3 aromatic heterocycles. The Labute approximate surface area is 289 Å².